The third-order valence-electron chi connectivity index (χ3n) is 11.3. The summed E-state index contributed by atoms with van der Waals surface area (Å²) in [6.07, 6.45) is 32.8. The Morgan fingerprint density at radius 1 is 0.365 bits per heavy atom. The van der Waals surface area contributed by atoms with Gasteiger partial charge in [0.2, 0.25) is 0 Å². The maximum Gasteiger partial charge on any atom is 0.0786 e. The standard InChI is InChI=1S/C28H60N.C22H24B/c1-5-9-13-17-21-25-29(26-22-18-14-10-6-2,27-23-19-15-11-7-3)28-24-20-16-12-8-4;23-18-10-17-22(19-11-4-1-5-12-19,20-13-6-2-7-14-20)21-15-8-3-9-16-21/h5-28H2,1-4H3;1-9,11-16H,10,17-18H2,23H3/q+1;-1. The van der Waals surface area contributed by atoms with Crippen LogP contribution in [-0.4, -0.2) is 38.5 Å². The summed E-state index contributed by atoms with van der Waals surface area (Å²) >= 11 is 0. The zero-order chi connectivity index (χ0) is 37.4. The topological polar surface area (TPSA) is 0 Å². The normalized spacial score (nSPS) is 11.7. The highest BCUT2D eigenvalue weighted by Gasteiger charge is 2.35. The van der Waals surface area contributed by atoms with E-state index in [1.165, 1.54) is 195 Å². The molecule has 2 heteroatoms. The second kappa shape index (κ2) is 30.1. The molecule has 0 heterocycles. The fourth-order valence-electron chi connectivity index (χ4n) is 8.24. The lowest BCUT2D eigenvalue weighted by Crippen LogP contribution is -2.50. The van der Waals surface area contributed by atoms with Gasteiger partial charge >= 0.3 is 0 Å². The van der Waals surface area contributed by atoms with E-state index in [2.05, 4.69) is 119 Å². The fourth-order valence-corrected chi connectivity index (χ4v) is 8.24. The molecule has 52 heavy (non-hydrogen) atoms. The zero-order valence-corrected chi connectivity index (χ0v) is 34.2. The Morgan fingerprint density at radius 3 is 0.885 bits per heavy atom. The van der Waals surface area contributed by atoms with Crippen molar-refractivity contribution in [3.05, 3.63) is 108 Å². The molecule has 0 aliphatic carbocycles. The second-order valence-corrected chi connectivity index (χ2v) is 15.5. The van der Waals surface area contributed by atoms with Gasteiger partial charge in [-0.25, -0.2) is 0 Å². The van der Waals surface area contributed by atoms with Crippen LogP contribution in [0, 0.1) is 0 Å². The van der Waals surface area contributed by atoms with Gasteiger partial charge in [-0.05, 0) is 82.3 Å². The molecule has 1 nitrogen and oxygen atoms in total. The minimum Gasteiger partial charge on any atom is -0.324 e. The zero-order valence-electron chi connectivity index (χ0n) is 34.2. The van der Waals surface area contributed by atoms with Crippen LogP contribution >= 0.6 is 0 Å². The number of nitrogens with zero attached hydrogens (tertiary/aromatic N) is 1. The molecule has 0 saturated carbocycles. The lowest BCUT2D eigenvalue weighted by Gasteiger charge is -2.39. The maximum atomic E-state index is 2.34. The van der Waals surface area contributed by atoms with Gasteiger partial charge in [0.15, 0.2) is 0 Å². The van der Waals surface area contributed by atoms with Crippen LogP contribution in [0.3, 0.4) is 0 Å². The van der Waals surface area contributed by atoms with Gasteiger partial charge in [-0.2, -0.15) is 6.32 Å². The quantitative estimate of drug-likeness (QED) is 0.0280. The molecule has 0 aromatic heterocycles. The van der Waals surface area contributed by atoms with Crippen molar-refractivity contribution in [1.82, 2.24) is 0 Å². The van der Waals surface area contributed by atoms with Gasteiger partial charge in [-0.1, -0.05) is 202 Å². The number of hydrogen-bond donors (Lipinski definition) is 0. The van der Waals surface area contributed by atoms with Gasteiger partial charge in [-0.3, -0.25) is 0 Å². The van der Waals surface area contributed by atoms with Crippen LogP contribution in [0.15, 0.2) is 91.0 Å². The van der Waals surface area contributed by atoms with E-state index in [1.807, 2.05) is 0 Å². The SMILES string of the molecule is CCCCCCC[N+](CCCCCCC)(CCCCCCC)CCCCCCC.[BH3-]CCCC(c1ccccc1)(c1ccccc1)c1ccccc1. The summed E-state index contributed by atoms with van der Waals surface area (Å²) in [6, 6.07) is 33.1. The van der Waals surface area contributed by atoms with E-state index in [9.17, 15) is 0 Å². The van der Waals surface area contributed by atoms with Crippen LogP contribution < -0.4 is 0 Å². The Labute approximate surface area is 325 Å². The van der Waals surface area contributed by atoms with E-state index in [-0.39, 0.29) is 5.41 Å². The van der Waals surface area contributed by atoms with Gasteiger partial charge in [0.05, 0.1) is 26.2 Å². The molecule has 0 saturated heterocycles. The van der Waals surface area contributed by atoms with Crippen molar-refractivity contribution < 1.29 is 4.48 Å². The Hall–Kier alpha value is -2.32. The van der Waals surface area contributed by atoms with Crippen molar-refractivity contribution >= 4 is 7.85 Å². The fraction of sp³-hybridized carbons (Fsp3) is 0.640. The van der Waals surface area contributed by atoms with Crippen molar-refractivity contribution in [2.45, 2.75) is 181 Å². The lowest BCUT2D eigenvalue weighted by atomic mass is 9.66. The summed E-state index contributed by atoms with van der Waals surface area (Å²) in [6.45, 7) is 15.2. The highest BCUT2D eigenvalue weighted by atomic mass is 15.3. The average Bonchev–Trinajstić information content (AvgIpc) is 3.19. The Balaban J connectivity index is 0.000000367. The van der Waals surface area contributed by atoms with E-state index in [0.717, 1.165) is 0 Å². The molecule has 0 aliphatic rings. The first-order valence-corrected chi connectivity index (χ1v) is 21.9. The van der Waals surface area contributed by atoms with Gasteiger partial charge < -0.3 is 4.48 Å². The van der Waals surface area contributed by atoms with Crippen LogP contribution in [0.4, 0.5) is 0 Å². The first kappa shape index (κ1) is 45.8. The summed E-state index contributed by atoms with van der Waals surface area (Å²) in [4.78, 5) is 0. The van der Waals surface area contributed by atoms with Gasteiger partial charge in [0.25, 0.3) is 0 Å². The molecule has 0 aliphatic heterocycles. The third-order valence-corrected chi connectivity index (χ3v) is 11.3. The molecule has 0 amide bonds. The summed E-state index contributed by atoms with van der Waals surface area (Å²) in [7, 11) is 0.469. The molecule has 0 fully saturated rings. The van der Waals surface area contributed by atoms with Gasteiger partial charge in [0.1, 0.15) is 0 Å². The Morgan fingerprint density at radius 2 is 0.635 bits per heavy atom. The highest BCUT2D eigenvalue weighted by molar-refractivity contribution is 6.08. The van der Waals surface area contributed by atoms with E-state index in [1.54, 1.807) is 0 Å². The monoisotopic (exact) mass is 710 g/mol. The average molecular weight is 710 g/mol. The molecule has 0 unspecified atom stereocenters. The summed E-state index contributed by atoms with van der Waals surface area (Å²) in [5.41, 5.74) is 4.19. The van der Waals surface area contributed by atoms with Crippen LogP contribution in [0.1, 0.15) is 186 Å². The molecule has 3 aromatic rings. The lowest BCUT2D eigenvalue weighted by molar-refractivity contribution is -0.929. The first-order valence-electron chi connectivity index (χ1n) is 21.9. The predicted molar refractivity (Wildman–Crippen MR) is 238 cm³/mol. The van der Waals surface area contributed by atoms with Crippen molar-refractivity contribution in [2.75, 3.05) is 26.2 Å². The molecule has 0 bridgehead atoms. The number of hydrogen-bond acceptors (Lipinski definition) is 0. The van der Waals surface area contributed by atoms with Crippen molar-refractivity contribution in [2.24, 2.45) is 0 Å². The smallest absolute Gasteiger partial charge is 0.0786 e. The van der Waals surface area contributed by atoms with Crippen LogP contribution in [0.2, 0.25) is 6.32 Å². The van der Waals surface area contributed by atoms with Crippen LogP contribution in [0.25, 0.3) is 0 Å². The minimum atomic E-state index is -0.0297. The number of benzene rings is 3. The highest BCUT2D eigenvalue weighted by Crippen LogP contribution is 2.43. The molecule has 0 N–H and O–H groups in total. The number of unbranched alkanes of at least 4 members (excludes halogenated alkanes) is 16. The summed E-state index contributed by atoms with van der Waals surface area (Å²) < 4.78 is 1.47. The molecule has 3 rings (SSSR count). The third kappa shape index (κ3) is 17.7. The van der Waals surface area contributed by atoms with Crippen molar-refractivity contribution in [3.63, 3.8) is 0 Å². The predicted octanol–water partition coefficient (Wildman–Crippen LogP) is 14.3. The molecule has 292 valence electrons. The molecule has 3 aromatic carbocycles. The maximum absolute atomic E-state index is 2.34. The summed E-state index contributed by atoms with van der Waals surface area (Å²) in [5, 5.41) is 0. The number of rotatable bonds is 30. The first-order chi connectivity index (χ1) is 25.6. The number of quaternary nitrogens is 1. The van der Waals surface area contributed by atoms with E-state index >= 15 is 0 Å². The van der Waals surface area contributed by atoms with Crippen LogP contribution in [0.5, 0.6) is 0 Å². The van der Waals surface area contributed by atoms with E-state index in [0.29, 0.717) is 7.85 Å². The van der Waals surface area contributed by atoms with Crippen molar-refractivity contribution in [1.29, 1.82) is 0 Å². The van der Waals surface area contributed by atoms with Crippen molar-refractivity contribution in [3.8, 4) is 0 Å². The Bertz CT molecular complexity index is 1020. The molecule has 0 atom stereocenters. The van der Waals surface area contributed by atoms with Crippen LogP contribution in [-0.2, 0) is 5.41 Å². The molecule has 0 spiro atoms. The van der Waals surface area contributed by atoms with E-state index < -0.39 is 0 Å². The molecular weight excluding hydrogens is 625 g/mol. The largest absolute Gasteiger partial charge is 0.324 e. The van der Waals surface area contributed by atoms with E-state index in [4.69, 9.17) is 0 Å². The molecule has 0 radical (unpaired) electrons. The second-order valence-electron chi connectivity index (χ2n) is 15.5. The minimum absolute atomic E-state index is 0.0297. The molecular formula is C50H84BN. The summed E-state index contributed by atoms with van der Waals surface area (Å²) in [5.74, 6) is 0. The Kier molecular flexibility index (Phi) is 26.5. The van der Waals surface area contributed by atoms with Gasteiger partial charge in [-0.15, -0.1) is 0 Å². The van der Waals surface area contributed by atoms with Gasteiger partial charge in [0, 0.05) is 5.41 Å².